The predicted octanol–water partition coefficient (Wildman–Crippen LogP) is 7.80. The molecular weight excluding hydrogens is 423 g/mol. The van der Waals surface area contributed by atoms with Crippen molar-refractivity contribution in [2.45, 2.75) is 45.1 Å². The van der Waals surface area contributed by atoms with Crippen LogP contribution in [0.3, 0.4) is 0 Å². The van der Waals surface area contributed by atoms with Gasteiger partial charge in [-0.3, -0.25) is 0 Å². The molecule has 1 aliphatic rings. The molecule has 174 valence electrons. The molecule has 4 aromatic rings. The van der Waals surface area contributed by atoms with Gasteiger partial charge in [-0.15, -0.1) is 0 Å². The van der Waals surface area contributed by atoms with E-state index in [-0.39, 0.29) is 17.2 Å². The largest absolute Gasteiger partial charge is 0.497 e. The van der Waals surface area contributed by atoms with Crippen molar-refractivity contribution in [1.82, 2.24) is 0 Å². The van der Waals surface area contributed by atoms with Gasteiger partial charge in [0.05, 0.1) is 7.11 Å². The summed E-state index contributed by atoms with van der Waals surface area (Å²) in [6.45, 7) is 8.85. The number of methoxy groups -OCH3 is 1. The molecule has 34 heavy (non-hydrogen) atoms. The van der Waals surface area contributed by atoms with E-state index in [9.17, 15) is 0 Å². The van der Waals surface area contributed by atoms with E-state index in [1.807, 2.05) is 36.4 Å². The van der Waals surface area contributed by atoms with Crippen molar-refractivity contribution >= 4 is 10.8 Å². The molecule has 4 aromatic carbocycles. The van der Waals surface area contributed by atoms with Gasteiger partial charge in [-0.1, -0.05) is 82.3 Å². The lowest BCUT2D eigenvalue weighted by atomic mass is 9.71. The third-order valence-electron chi connectivity index (χ3n) is 7.22. The van der Waals surface area contributed by atoms with Crippen LogP contribution >= 0.6 is 0 Å². The Bertz CT molecular complexity index is 1350. The molecule has 2 unspecified atom stereocenters. The summed E-state index contributed by atoms with van der Waals surface area (Å²) in [5.74, 6) is 1.31. The maximum atomic E-state index is 15.3. The van der Waals surface area contributed by atoms with Crippen molar-refractivity contribution in [3.63, 3.8) is 0 Å². The van der Waals surface area contributed by atoms with Gasteiger partial charge in [0.15, 0.2) is 5.60 Å². The molecule has 0 fully saturated rings. The van der Waals surface area contributed by atoms with Crippen molar-refractivity contribution in [2.75, 3.05) is 7.11 Å². The van der Waals surface area contributed by atoms with Gasteiger partial charge < -0.3 is 9.47 Å². The predicted molar refractivity (Wildman–Crippen MR) is 136 cm³/mol. The van der Waals surface area contributed by atoms with Gasteiger partial charge >= 0.3 is 0 Å². The van der Waals surface area contributed by atoms with Crippen molar-refractivity contribution in [2.24, 2.45) is 5.92 Å². The number of benzene rings is 4. The highest BCUT2D eigenvalue weighted by atomic mass is 19.1. The zero-order valence-electron chi connectivity index (χ0n) is 20.5. The minimum atomic E-state index is -0.941. The molecular formula is C31H31FO2. The fourth-order valence-corrected chi connectivity index (χ4v) is 5.29. The molecule has 1 heterocycles. The van der Waals surface area contributed by atoms with E-state index in [2.05, 4.69) is 58.0 Å². The van der Waals surface area contributed by atoms with E-state index < -0.39 is 5.60 Å². The molecule has 1 aliphatic heterocycles. The summed E-state index contributed by atoms with van der Waals surface area (Å²) in [5.41, 5.74) is 3.11. The highest BCUT2D eigenvalue weighted by Gasteiger charge is 2.47. The number of hydrogen-bond acceptors (Lipinski definition) is 2. The van der Waals surface area contributed by atoms with E-state index in [1.54, 1.807) is 13.2 Å². The molecule has 0 radical (unpaired) electrons. The van der Waals surface area contributed by atoms with Gasteiger partial charge in [0.1, 0.15) is 17.3 Å². The molecule has 0 saturated heterocycles. The van der Waals surface area contributed by atoms with Crippen LogP contribution in [0, 0.1) is 11.7 Å². The van der Waals surface area contributed by atoms with Gasteiger partial charge in [-0.05, 0) is 52.4 Å². The van der Waals surface area contributed by atoms with Crippen LogP contribution in [0.4, 0.5) is 4.39 Å². The summed E-state index contributed by atoms with van der Waals surface area (Å²) < 4.78 is 27.6. The summed E-state index contributed by atoms with van der Waals surface area (Å²) >= 11 is 0. The monoisotopic (exact) mass is 454 g/mol. The molecule has 0 aliphatic carbocycles. The molecule has 5 rings (SSSR count). The lowest BCUT2D eigenvalue weighted by molar-refractivity contribution is 0.0320. The second kappa shape index (κ2) is 8.16. The second-order valence-electron chi connectivity index (χ2n) is 10.4. The van der Waals surface area contributed by atoms with Crippen LogP contribution in [0.1, 0.15) is 49.9 Å². The first-order valence-electron chi connectivity index (χ1n) is 11.9. The number of rotatable bonds is 3. The van der Waals surface area contributed by atoms with Crippen molar-refractivity contribution in [1.29, 1.82) is 0 Å². The minimum absolute atomic E-state index is 0.00168. The highest BCUT2D eigenvalue weighted by Crippen LogP contribution is 2.50. The molecule has 0 saturated carbocycles. The average Bonchev–Trinajstić information content (AvgIpc) is 2.83. The quantitative estimate of drug-likeness (QED) is 0.314. The van der Waals surface area contributed by atoms with Crippen molar-refractivity contribution in [3.8, 4) is 11.5 Å². The molecule has 3 heteroatoms. The Morgan fingerprint density at radius 3 is 2.35 bits per heavy atom. The maximum absolute atomic E-state index is 15.3. The molecule has 0 N–H and O–H groups in total. The lowest BCUT2D eigenvalue weighted by Gasteiger charge is -2.45. The Morgan fingerprint density at radius 1 is 0.941 bits per heavy atom. The average molecular weight is 455 g/mol. The zero-order valence-corrected chi connectivity index (χ0v) is 20.5. The van der Waals surface area contributed by atoms with Gasteiger partial charge in [-0.25, -0.2) is 4.39 Å². The summed E-state index contributed by atoms with van der Waals surface area (Å²) in [5, 5.41) is 2.42. The van der Waals surface area contributed by atoms with Crippen LogP contribution in [0.15, 0.2) is 78.9 Å². The second-order valence-corrected chi connectivity index (χ2v) is 10.4. The van der Waals surface area contributed by atoms with Crippen molar-refractivity contribution in [3.05, 3.63) is 107 Å². The first kappa shape index (κ1) is 22.5. The third-order valence-corrected chi connectivity index (χ3v) is 7.22. The molecule has 0 bridgehead atoms. The Labute approximate surface area is 201 Å². The fraction of sp³-hybridized carbons (Fsp3) is 0.290. The third kappa shape index (κ3) is 3.55. The first-order chi connectivity index (χ1) is 16.2. The van der Waals surface area contributed by atoms with Crippen LogP contribution in [0.2, 0.25) is 0 Å². The topological polar surface area (TPSA) is 18.5 Å². The molecule has 0 spiro atoms. The van der Waals surface area contributed by atoms with Crippen LogP contribution < -0.4 is 9.47 Å². The summed E-state index contributed by atoms with van der Waals surface area (Å²) in [6, 6.07) is 25.7. The number of ether oxygens (including phenoxy) is 2. The Hall–Kier alpha value is -3.33. The molecule has 0 amide bonds. The van der Waals surface area contributed by atoms with E-state index in [1.165, 1.54) is 28.0 Å². The Kier molecular flexibility index (Phi) is 5.39. The summed E-state index contributed by atoms with van der Waals surface area (Å²) in [7, 11) is 1.65. The van der Waals surface area contributed by atoms with E-state index >= 15 is 4.39 Å². The number of fused-ring (bicyclic) bond motifs is 3. The van der Waals surface area contributed by atoms with Crippen LogP contribution in [0.25, 0.3) is 10.8 Å². The smallest absolute Gasteiger partial charge is 0.165 e. The Morgan fingerprint density at radius 2 is 1.68 bits per heavy atom. The Balaban J connectivity index is 1.70. The van der Waals surface area contributed by atoms with Crippen molar-refractivity contribution < 1.29 is 13.9 Å². The molecule has 2 nitrogen and oxygen atoms in total. The zero-order chi connectivity index (χ0) is 24.1. The number of halogens is 1. The van der Waals surface area contributed by atoms with Gasteiger partial charge in [0, 0.05) is 22.6 Å². The molecule has 2 atom stereocenters. The fourth-order valence-electron chi connectivity index (χ4n) is 5.29. The summed E-state index contributed by atoms with van der Waals surface area (Å²) in [6.07, 6.45) is 0.780. The highest BCUT2D eigenvalue weighted by molar-refractivity contribution is 5.89. The lowest BCUT2D eigenvalue weighted by Crippen LogP contribution is -2.45. The maximum Gasteiger partial charge on any atom is 0.165 e. The van der Waals surface area contributed by atoms with Gasteiger partial charge in [0.25, 0.3) is 0 Å². The van der Waals surface area contributed by atoms with Crippen LogP contribution in [-0.4, -0.2) is 7.11 Å². The number of hydrogen-bond donors (Lipinski definition) is 0. The van der Waals surface area contributed by atoms with Gasteiger partial charge in [0.2, 0.25) is 0 Å². The first-order valence-corrected chi connectivity index (χ1v) is 11.9. The summed E-state index contributed by atoms with van der Waals surface area (Å²) in [4.78, 5) is 0. The van der Waals surface area contributed by atoms with Crippen LogP contribution in [-0.2, 0) is 17.4 Å². The van der Waals surface area contributed by atoms with Gasteiger partial charge in [-0.2, -0.15) is 0 Å². The standard InChI is InChI=1S/C31H31FO2/c1-20-18-26-25-16-13-23(30(2,3)4)19-21(25)10-17-29(26)34-31(20,27-8-6-7-9-28(27)32)22-11-14-24(33-5)15-12-22/h6-17,19-20H,18H2,1-5H3. The van der Waals surface area contributed by atoms with E-state index in [0.29, 0.717) is 5.56 Å². The van der Waals surface area contributed by atoms with Crippen LogP contribution in [0.5, 0.6) is 11.5 Å². The normalized spacial score (nSPS) is 20.0. The SMILES string of the molecule is COc1ccc(C2(c3ccccc3F)Oc3ccc4cc(C(C)(C)C)ccc4c3CC2C)cc1. The minimum Gasteiger partial charge on any atom is -0.497 e. The van der Waals surface area contributed by atoms with E-state index in [4.69, 9.17) is 9.47 Å². The van der Waals surface area contributed by atoms with E-state index in [0.717, 1.165) is 23.5 Å². The molecule has 0 aromatic heterocycles.